The van der Waals surface area contributed by atoms with Gasteiger partial charge in [-0.25, -0.2) is 0 Å². The molecule has 738 valence electrons. The Kier molecular flexibility index (Phi) is 45.9. The van der Waals surface area contributed by atoms with Crippen molar-refractivity contribution in [3.63, 3.8) is 0 Å². The van der Waals surface area contributed by atoms with Crippen LogP contribution in [0, 0.1) is 48.5 Å². The zero-order valence-electron chi connectivity index (χ0n) is 84.4. The molecule has 0 saturated heterocycles. The average molecular weight is 2220 g/mol. The molecule has 18 rings (SSSR count). The van der Waals surface area contributed by atoms with Crippen molar-refractivity contribution in [3.8, 4) is 134 Å². The quantitative estimate of drug-likeness (QED) is 0.0529. The molecule has 0 aliphatic rings. The van der Waals surface area contributed by atoms with Crippen molar-refractivity contribution in [2.45, 2.75) is 122 Å². The van der Waals surface area contributed by atoms with Crippen molar-refractivity contribution in [3.05, 3.63) is 464 Å². The predicted molar refractivity (Wildman–Crippen MR) is 714 cm³/mol. The van der Waals surface area contributed by atoms with E-state index in [1.54, 1.807) is 0 Å². The second-order valence-corrected chi connectivity index (χ2v) is 45.6. The molecule has 145 heavy (non-hydrogen) atoms. The molecular formula is C127H140P18. The van der Waals surface area contributed by atoms with E-state index in [0.29, 0.717) is 0 Å². The van der Waals surface area contributed by atoms with Gasteiger partial charge in [-0.05, 0) is 393 Å². The molecule has 0 radical (unpaired) electrons. The minimum Gasteiger partial charge on any atom is -0.133 e. The highest BCUT2D eigenvalue weighted by Gasteiger charge is 2.17. The Bertz CT molecular complexity index is 7390. The predicted octanol–water partition coefficient (Wildman–Crippen LogP) is 33.8. The van der Waals surface area contributed by atoms with E-state index in [1.165, 1.54) is 271 Å². The van der Waals surface area contributed by atoms with Gasteiger partial charge in [0.1, 0.15) is 0 Å². The van der Waals surface area contributed by atoms with Crippen molar-refractivity contribution >= 4 is 198 Å². The lowest BCUT2D eigenvalue weighted by atomic mass is 9.93. The molecule has 18 atom stereocenters. The second-order valence-electron chi connectivity index (χ2n) is 36.9. The van der Waals surface area contributed by atoms with Gasteiger partial charge in [0, 0.05) is 0 Å². The first-order valence-electron chi connectivity index (χ1n) is 49.1. The molecule has 0 bridgehead atoms. The lowest BCUT2D eigenvalue weighted by Gasteiger charge is -2.13. The fourth-order valence-corrected chi connectivity index (χ4v) is 22.9. The molecule has 0 fully saturated rings. The minimum atomic E-state index is 0.989. The van der Waals surface area contributed by atoms with E-state index >= 15 is 0 Å². The summed E-state index contributed by atoms with van der Waals surface area (Å²) in [4.78, 5) is 0. The fourth-order valence-electron chi connectivity index (χ4n) is 18.0. The van der Waals surface area contributed by atoms with Gasteiger partial charge in [-0.1, -0.05) is 358 Å². The monoisotopic (exact) mass is 2220 g/mol. The van der Waals surface area contributed by atoms with Crippen LogP contribution in [0.2, 0.25) is 0 Å². The summed E-state index contributed by atoms with van der Waals surface area (Å²) >= 11 is 0. The van der Waals surface area contributed by atoms with Gasteiger partial charge >= 0.3 is 0 Å². The van der Waals surface area contributed by atoms with Crippen molar-refractivity contribution in [2.24, 2.45) is 0 Å². The summed E-state index contributed by atoms with van der Waals surface area (Å²) < 4.78 is 0. The molecule has 0 amide bonds. The van der Waals surface area contributed by atoms with Gasteiger partial charge in [-0.15, -0.1) is 166 Å². The zero-order chi connectivity index (χ0) is 103. The van der Waals surface area contributed by atoms with Crippen LogP contribution in [0.4, 0.5) is 0 Å². The van der Waals surface area contributed by atoms with Crippen molar-refractivity contribution in [1.82, 2.24) is 0 Å². The fraction of sp³-hybridized carbons (Fsp3) is 0.150. The smallest absolute Gasteiger partial charge is 0.0125 e. The van der Waals surface area contributed by atoms with E-state index in [2.05, 4.69) is 573 Å². The lowest BCUT2D eigenvalue weighted by Crippen LogP contribution is -1.96. The van der Waals surface area contributed by atoms with E-state index in [1.807, 2.05) is 0 Å². The summed E-state index contributed by atoms with van der Waals surface area (Å²) in [6.45, 7) is 15.3. The van der Waals surface area contributed by atoms with Crippen LogP contribution in [0.25, 0.3) is 134 Å². The van der Waals surface area contributed by atoms with Gasteiger partial charge < -0.3 is 0 Å². The summed E-state index contributed by atoms with van der Waals surface area (Å²) in [5.74, 6) is 0. The summed E-state index contributed by atoms with van der Waals surface area (Å²) in [5, 5.41) is 7.42. The summed E-state index contributed by atoms with van der Waals surface area (Å²) in [7, 11) is 50.5. The molecule has 0 aliphatic carbocycles. The van der Waals surface area contributed by atoms with Crippen LogP contribution in [0.1, 0.15) is 106 Å². The average Bonchev–Trinajstić information content (AvgIpc) is 0.817. The van der Waals surface area contributed by atoms with Crippen molar-refractivity contribution in [2.75, 3.05) is 0 Å². The highest BCUT2D eigenvalue weighted by Crippen LogP contribution is 2.40. The molecule has 18 heteroatoms. The summed E-state index contributed by atoms with van der Waals surface area (Å²) in [6, 6.07) is 132. The van der Waals surface area contributed by atoms with Gasteiger partial charge in [-0.3, -0.25) is 0 Å². The van der Waals surface area contributed by atoms with Crippen LogP contribution in [-0.2, 0) is 73.9 Å². The molecule has 18 aromatic carbocycles. The van der Waals surface area contributed by atoms with Gasteiger partial charge in [0.25, 0.3) is 0 Å². The molecule has 0 N–H and O–H groups in total. The molecule has 0 nitrogen and oxygen atoms in total. The highest BCUT2D eigenvalue weighted by atomic mass is 31.0. The van der Waals surface area contributed by atoms with Crippen LogP contribution < -0.4 is 31.8 Å². The van der Waals surface area contributed by atoms with Crippen LogP contribution in [-0.4, -0.2) is 0 Å². The molecule has 0 heterocycles. The number of aryl methyl sites for hydroxylation is 7. The molecule has 0 aromatic heterocycles. The van der Waals surface area contributed by atoms with E-state index in [0.717, 1.165) is 73.9 Å². The third-order valence-corrected chi connectivity index (χ3v) is 35.2. The maximum absolute atomic E-state index is 2.85. The van der Waals surface area contributed by atoms with Crippen molar-refractivity contribution < 1.29 is 0 Å². The van der Waals surface area contributed by atoms with Crippen LogP contribution in [0.3, 0.4) is 0 Å². The summed E-state index contributed by atoms with van der Waals surface area (Å²) in [6.07, 6.45) is 12.0. The lowest BCUT2D eigenvalue weighted by molar-refractivity contribution is 1.28. The summed E-state index contributed by atoms with van der Waals surface area (Å²) in [5.41, 5.74) is 56.7. The first-order chi connectivity index (χ1) is 70.1. The number of hydrogen-bond donors (Lipinski definition) is 0. The van der Waals surface area contributed by atoms with E-state index in [9.17, 15) is 0 Å². The third kappa shape index (κ3) is 32.0. The Hall–Kier alpha value is -6.30. The normalized spacial score (nSPS) is 10.8. The molecule has 0 saturated carbocycles. The number of hydrogen-bond acceptors (Lipinski definition) is 0. The largest absolute Gasteiger partial charge is 0.133 e. The Balaban J connectivity index is 0.000000146. The van der Waals surface area contributed by atoms with Crippen molar-refractivity contribution in [1.29, 1.82) is 0 Å². The van der Waals surface area contributed by atoms with E-state index < -0.39 is 0 Å². The maximum Gasteiger partial charge on any atom is -0.0125 e. The minimum absolute atomic E-state index is 0.989. The van der Waals surface area contributed by atoms with Gasteiger partial charge in [0.2, 0.25) is 0 Å². The van der Waals surface area contributed by atoms with Crippen LogP contribution >= 0.6 is 166 Å². The van der Waals surface area contributed by atoms with Crippen LogP contribution in [0.5, 0.6) is 0 Å². The Labute approximate surface area is 909 Å². The van der Waals surface area contributed by atoms with E-state index in [-0.39, 0.29) is 0 Å². The topological polar surface area (TPSA) is 0 Å². The zero-order valence-corrected chi connectivity index (χ0v) is 105. The first-order valence-corrected chi connectivity index (χ1v) is 62.3. The molecule has 18 unspecified atom stereocenters. The SMILES string of the molecule is Cc1cc(-c2ccc(-c3cc(CP)cc(CP)c3)c(C)c2)ccc1P.Cc1cc(-c2ccc(-c3cc(CP)cc(CP)c3)cc2)ccc1P.Cc1cc(-c2ccc(-c3ccc(CP)c(CP)c3)cc2C)ccc1P.Cc1cc(-c2ccc(CP)c(CP)c2)ccc1-c1ccc(P)cc1.Cc1cc(-c2ccc(P)cc2)ccc1-c1cc(CP)cc(CP)c1.PCc1ccc(-c2ccc(-c3ccc(P)cc3)cc2)cc1CP. The molecule has 0 spiro atoms. The van der Waals surface area contributed by atoms with Gasteiger partial charge in [0.05, 0.1) is 0 Å². The first kappa shape index (κ1) is 116. The number of rotatable bonds is 24. The third-order valence-electron chi connectivity index (χ3n) is 26.6. The van der Waals surface area contributed by atoms with Gasteiger partial charge in [0.15, 0.2) is 0 Å². The highest BCUT2D eigenvalue weighted by molar-refractivity contribution is 7.28. The van der Waals surface area contributed by atoms with E-state index in [4.69, 9.17) is 0 Å². The Morgan fingerprint density at radius 1 is 0.124 bits per heavy atom. The second kappa shape index (κ2) is 57.4. The standard InChI is InChI=1S/2C22H25P3.3C21H23P3.C20H21P3/c1-14-7-18(19-4-6-22(25)15(2)8-19)3-5-21(14)20-10-16(12-23)9-17(11-20)13-24;1-14-9-16(17-3-4-19(12-23)20(11-17)13-24)5-7-21(14)18-6-8-22(25)15(2)10-18;1-14-8-18(17-2-5-20(24)6-3-17)4-7-21(14)19-10-15(12-22)9-16(11-19)13-23;1-14-8-19(6-7-21(14)24)17-2-4-18(5-3-17)20-10-15(12-22)9-16(11-20)13-23;1-14-10-16(17-2-3-18(12-22)19(11-17)13-23)6-9-21(14)15-4-7-20(24)8-5-15;21-12-18-6-5-17(11-19(18)13-22)16-3-1-14(2-4-16)15-7-9-20(23)10-8-15/h2*3-11H,12-13,23-25H2,1-2H3;3*2-11H,12-13,22-24H2,1H3;1-11H,12-13,21-23H2. The number of benzene rings is 18. The maximum atomic E-state index is 2.85. The van der Waals surface area contributed by atoms with Crippen LogP contribution in [0.15, 0.2) is 358 Å². The Morgan fingerprint density at radius 3 is 0.552 bits per heavy atom. The Morgan fingerprint density at radius 2 is 0.297 bits per heavy atom. The van der Waals surface area contributed by atoms with Gasteiger partial charge in [-0.2, -0.15) is 0 Å². The molecule has 0 aliphatic heterocycles. The molecule has 18 aromatic rings. The molecular weight excluding hydrogens is 2080 g/mol.